The summed E-state index contributed by atoms with van der Waals surface area (Å²) in [5, 5.41) is 23.2. The molecule has 3 aliphatic heterocycles. The van der Waals surface area contributed by atoms with E-state index in [-0.39, 0.29) is 34.7 Å². The summed E-state index contributed by atoms with van der Waals surface area (Å²) < 4.78 is 35.5. The van der Waals surface area contributed by atoms with Crippen molar-refractivity contribution in [3.8, 4) is 0 Å². The summed E-state index contributed by atoms with van der Waals surface area (Å²) >= 11 is 0. The lowest BCUT2D eigenvalue weighted by atomic mass is 9.43. The smallest absolute Gasteiger partial charge is 0.308 e. The van der Waals surface area contributed by atoms with Crippen molar-refractivity contribution in [2.24, 2.45) is 34.5 Å². The van der Waals surface area contributed by atoms with E-state index in [0.29, 0.717) is 31.5 Å². The highest BCUT2D eigenvalue weighted by Crippen LogP contribution is 2.73. The van der Waals surface area contributed by atoms with E-state index < -0.39 is 47.9 Å². The molecule has 0 aromatic carbocycles. The van der Waals surface area contributed by atoms with Gasteiger partial charge in [0, 0.05) is 25.4 Å². The quantitative estimate of drug-likeness (QED) is 0.371. The van der Waals surface area contributed by atoms with Gasteiger partial charge in [0.15, 0.2) is 12.4 Å². The third-order valence-electron chi connectivity index (χ3n) is 13.3. The molecule has 10 heteroatoms. The van der Waals surface area contributed by atoms with Crippen LogP contribution in [0, 0.1) is 34.5 Å². The lowest BCUT2D eigenvalue weighted by molar-refractivity contribution is -0.315. The van der Waals surface area contributed by atoms with Gasteiger partial charge >= 0.3 is 11.9 Å². The Morgan fingerprint density at radius 2 is 1.83 bits per heavy atom. The van der Waals surface area contributed by atoms with E-state index in [2.05, 4.69) is 6.92 Å². The summed E-state index contributed by atoms with van der Waals surface area (Å²) in [6, 6.07) is 0. The topological polar surface area (TPSA) is 130 Å². The van der Waals surface area contributed by atoms with Gasteiger partial charge in [-0.15, -0.1) is 0 Å². The van der Waals surface area contributed by atoms with Gasteiger partial charge in [0.1, 0.15) is 24.4 Å². The standard InChI is InChI=1S/C32H48O10/c1-17-25(35)26(37-4)27(41-18(2)33)28(40-17)42-20-7-10-29(3)19(13-20)5-6-22-21(29)8-11-30-15-39-31(14-24(34)38-16-31)23(30)9-12-32(22,30)36/h17,19-23,25-28,35-36H,5-16H2,1-4H3. The Morgan fingerprint density at radius 3 is 2.55 bits per heavy atom. The number of carbonyl (C=O) groups excluding carboxylic acids is 2. The van der Waals surface area contributed by atoms with Crippen molar-refractivity contribution in [2.45, 2.75) is 133 Å². The lowest BCUT2D eigenvalue weighted by Gasteiger charge is -2.63. The van der Waals surface area contributed by atoms with E-state index in [1.807, 2.05) is 0 Å². The normalized spacial score (nSPS) is 55.0. The number of rotatable bonds is 4. The van der Waals surface area contributed by atoms with E-state index in [0.717, 1.165) is 57.8 Å². The number of cyclic esters (lactones) is 1. The van der Waals surface area contributed by atoms with Gasteiger partial charge in [-0.05, 0) is 87.9 Å². The van der Waals surface area contributed by atoms with E-state index in [4.69, 9.17) is 28.4 Å². The fourth-order valence-corrected chi connectivity index (χ4v) is 11.3. The van der Waals surface area contributed by atoms with Crippen LogP contribution in [0.4, 0.5) is 0 Å². The average molecular weight is 593 g/mol. The van der Waals surface area contributed by atoms with Crippen LogP contribution >= 0.6 is 0 Å². The van der Waals surface area contributed by atoms with Crippen molar-refractivity contribution in [3.63, 3.8) is 0 Å². The predicted molar refractivity (Wildman–Crippen MR) is 147 cm³/mol. The fraction of sp³-hybridized carbons (Fsp3) is 0.938. The molecule has 3 heterocycles. The molecular formula is C32H48O10. The summed E-state index contributed by atoms with van der Waals surface area (Å²) in [6.07, 6.45) is 4.86. The molecular weight excluding hydrogens is 544 g/mol. The third kappa shape index (κ3) is 4.04. The number of hydrogen-bond acceptors (Lipinski definition) is 10. The van der Waals surface area contributed by atoms with Crippen LogP contribution < -0.4 is 0 Å². The molecule has 0 aromatic heterocycles. The Balaban J connectivity index is 1.06. The van der Waals surface area contributed by atoms with Crippen molar-refractivity contribution < 1.29 is 48.2 Å². The maximum atomic E-state index is 12.6. The number of hydrogen-bond donors (Lipinski definition) is 2. The number of methoxy groups -OCH3 is 1. The van der Waals surface area contributed by atoms with Crippen LogP contribution in [0.2, 0.25) is 0 Å². The minimum Gasteiger partial charge on any atom is -0.462 e. The summed E-state index contributed by atoms with van der Waals surface area (Å²) in [6.45, 7) is 6.41. The van der Waals surface area contributed by atoms with E-state index >= 15 is 0 Å². The van der Waals surface area contributed by atoms with E-state index in [1.54, 1.807) is 6.92 Å². The zero-order chi connectivity index (χ0) is 29.7. The first-order chi connectivity index (χ1) is 20.0. The minimum absolute atomic E-state index is 0.0560. The molecule has 2 spiro atoms. The monoisotopic (exact) mass is 592 g/mol. The third-order valence-corrected chi connectivity index (χ3v) is 13.3. The Bertz CT molecular complexity index is 1100. The van der Waals surface area contributed by atoms with Gasteiger partial charge in [0.25, 0.3) is 0 Å². The molecule has 7 fully saturated rings. The number of ether oxygens (including phenoxy) is 6. The molecule has 14 unspecified atom stereocenters. The highest BCUT2D eigenvalue weighted by Gasteiger charge is 2.76. The number of carbonyl (C=O) groups is 2. The van der Waals surface area contributed by atoms with Crippen LogP contribution in [0.25, 0.3) is 0 Å². The van der Waals surface area contributed by atoms with Crippen molar-refractivity contribution in [1.82, 2.24) is 0 Å². The number of aliphatic hydroxyl groups is 2. The number of aliphatic hydroxyl groups excluding tert-OH is 1. The van der Waals surface area contributed by atoms with E-state index in [9.17, 15) is 19.8 Å². The summed E-state index contributed by atoms with van der Waals surface area (Å²) in [5.74, 6) is 0.641. The van der Waals surface area contributed by atoms with Crippen LogP contribution in [0.15, 0.2) is 0 Å². The fourth-order valence-electron chi connectivity index (χ4n) is 11.3. The molecule has 0 radical (unpaired) electrons. The molecule has 0 bridgehead atoms. The maximum Gasteiger partial charge on any atom is 0.308 e. The second kappa shape index (κ2) is 10.1. The predicted octanol–water partition coefficient (Wildman–Crippen LogP) is 2.89. The average Bonchev–Trinajstić information content (AvgIpc) is 3.58. The van der Waals surface area contributed by atoms with Gasteiger partial charge in [0.05, 0.1) is 30.8 Å². The van der Waals surface area contributed by atoms with Gasteiger partial charge in [-0.25, -0.2) is 0 Å². The minimum atomic E-state index is -0.929. The number of esters is 2. The van der Waals surface area contributed by atoms with Crippen LogP contribution in [0.3, 0.4) is 0 Å². The molecule has 0 aromatic rings. The van der Waals surface area contributed by atoms with Gasteiger partial charge in [0.2, 0.25) is 0 Å². The molecule has 4 aliphatic carbocycles. The Morgan fingerprint density at radius 1 is 1.02 bits per heavy atom. The summed E-state index contributed by atoms with van der Waals surface area (Å²) in [4.78, 5) is 24.0. The van der Waals surface area contributed by atoms with Crippen molar-refractivity contribution in [2.75, 3.05) is 20.3 Å². The van der Waals surface area contributed by atoms with Crippen molar-refractivity contribution >= 4 is 11.9 Å². The molecule has 7 aliphatic rings. The molecule has 236 valence electrons. The van der Waals surface area contributed by atoms with Crippen LogP contribution in [0.5, 0.6) is 0 Å². The largest absolute Gasteiger partial charge is 0.462 e. The molecule has 14 atom stereocenters. The molecule has 0 amide bonds. The van der Waals surface area contributed by atoms with Crippen molar-refractivity contribution in [1.29, 1.82) is 0 Å². The van der Waals surface area contributed by atoms with E-state index in [1.165, 1.54) is 14.0 Å². The second-order valence-electron chi connectivity index (χ2n) is 14.9. The molecule has 10 nitrogen and oxygen atoms in total. The molecule has 2 N–H and O–H groups in total. The summed E-state index contributed by atoms with van der Waals surface area (Å²) in [7, 11) is 1.50. The van der Waals surface area contributed by atoms with Gasteiger partial charge < -0.3 is 38.6 Å². The first-order valence-electron chi connectivity index (χ1n) is 16.2. The molecule has 4 saturated carbocycles. The Kier molecular flexibility index (Phi) is 7.08. The van der Waals surface area contributed by atoms with Crippen LogP contribution in [-0.2, 0) is 38.0 Å². The van der Waals surface area contributed by atoms with Crippen LogP contribution in [0.1, 0.15) is 85.0 Å². The highest BCUT2D eigenvalue weighted by molar-refractivity contribution is 5.73. The van der Waals surface area contributed by atoms with Crippen molar-refractivity contribution in [3.05, 3.63) is 0 Å². The molecule has 7 rings (SSSR count). The lowest BCUT2D eigenvalue weighted by Crippen LogP contribution is -2.64. The second-order valence-corrected chi connectivity index (χ2v) is 14.9. The van der Waals surface area contributed by atoms with Gasteiger partial charge in [-0.2, -0.15) is 0 Å². The zero-order valence-corrected chi connectivity index (χ0v) is 25.4. The van der Waals surface area contributed by atoms with Gasteiger partial charge in [-0.1, -0.05) is 6.92 Å². The molecule has 42 heavy (non-hydrogen) atoms. The first kappa shape index (κ1) is 29.4. The Labute approximate surface area is 248 Å². The molecule has 3 saturated heterocycles. The SMILES string of the molecule is COC1C(O)C(C)OC(OC2CCC3(C)C(CCC4C3CCC35COC6(COC(=O)C6)C3CCC45O)C2)C1OC(C)=O. The Hall–Kier alpha value is -1.30. The summed E-state index contributed by atoms with van der Waals surface area (Å²) in [5.41, 5.74) is -1.50. The van der Waals surface area contributed by atoms with Gasteiger partial charge in [-0.3, -0.25) is 9.59 Å². The first-order valence-corrected chi connectivity index (χ1v) is 16.2. The highest BCUT2D eigenvalue weighted by atomic mass is 16.7. The zero-order valence-electron chi connectivity index (χ0n) is 25.4. The number of fused-ring (bicyclic) bond motifs is 5. The van der Waals surface area contributed by atoms with Crippen LogP contribution in [-0.4, -0.2) is 90.5 Å². The maximum absolute atomic E-state index is 12.6.